The van der Waals surface area contributed by atoms with Gasteiger partial charge in [0.25, 0.3) is 0 Å². The fourth-order valence-corrected chi connectivity index (χ4v) is 2.42. The van der Waals surface area contributed by atoms with E-state index in [2.05, 4.69) is 6.07 Å². The molecule has 3 nitrogen and oxygen atoms in total. The van der Waals surface area contributed by atoms with E-state index < -0.39 is 11.8 Å². The van der Waals surface area contributed by atoms with E-state index in [-0.39, 0.29) is 11.3 Å². The van der Waals surface area contributed by atoms with Gasteiger partial charge in [-0.3, -0.25) is 0 Å². The number of hydrogen-bond donors (Lipinski definition) is 0. The maximum atomic E-state index is 13.7. The Hall–Kier alpha value is -3.71. The van der Waals surface area contributed by atoms with Gasteiger partial charge in [-0.2, -0.15) is 5.26 Å². The number of benzene rings is 3. The van der Waals surface area contributed by atoms with E-state index in [4.69, 9.17) is 4.74 Å². The first-order valence-electron chi connectivity index (χ1n) is 7.91. The fourth-order valence-electron chi connectivity index (χ4n) is 2.42. The molecule has 0 aliphatic heterocycles. The highest BCUT2D eigenvalue weighted by atomic mass is 19.1. The van der Waals surface area contributed by atoms with Crippen molar-refractivity contribution >= 4 is 17.6 Å². The maximum Gasteiger partial charge on any atom is 0.346 e. The summed E-state index contributed by atoms with van der Waals surface area (Å²) in [7, 11) is 0. The third kappa shape index (κ3) is 4.03. The van der Waals surface area contributed by atoms with Crippen LogP contribution in [-0.4, -0.2) is 5.97 Å². The first-order chi connectivity index (χ1) is 12.7. The highest BCUT2D eigenvalue weighted by Crippen LogP contribution is 2.21. The standard InChI is InChI=1S/C22H14FNO2/c23-21-12-5-4-11-20(21)22(25)26-19-10-6-7-16(14-19)13-18(15-24)17-8-2-1-3-9-17/h1-14H/b18-13-. The monoisotopic (exact) mass is 343 g/mol. The smallest absolute Gasteiger partial charge is 0.346 e. The molecule has 0 atom stereocenters. The molecule has 4 heteroatoms. The van der Waals surface area contributed by atoms with Crippen molar-refractivity contribution < 1.29 is 13.9 Å². The van der Waals surface area contributed by atoms with Gasteiger partial charge in [0, 0.05) is 0 Å². The SMILES string of the molecule is N#C/C(=C/c1cccc(OC(=O)c2ccccc2F)c1)c1ccccc1. The molecule has 0 spiro atoms. The number of rotatable bonds is 4. The van der Waals surface area contributed by atoms with Crippen LogP contribution < -0.4 is 4.74 Å². The number of esters is 1. The van der Waals surface area contributed by atoms with Gasteiger partial charge in [0.1, 0.15) is 11.6 Å². The molecule has 0 heterocycles. The zero-order valence-corrected chi connectivity index (χ0v) is 13.7. The Bertz CT molecular complexity index is 1000. The third-order valence-corrected chi connectivity index (χ3v) is 3.68. The van der Waals surface area contributed by atoms with Crippen LogP contribution in [0.3, 0.4) is 0 Å². The summed E-state index contributed by atoms with van der Waals surface area (Å²) in [6, 6.07) is 23.8. The van der Waals surface area contributed by atoms with Crippen LogP contribution >= 0.6 is 0 Å². The number of halogens is 1. The number of carbonyl (C=O) groups is 1. The summed E-state index contributed by atoms with van der Waals surface area (Å²) in [5, 5.41) is 9.39. The minimum absolute atomic E-state index is 0.129. The number of nitrogens with zero attached hydrogens (tertiary/aromatic N) is 1. The van der Waals surface area contributed by atoms with Gasteiger partial charge >= 0.3 is 5.97 Å². The van der Waals surface area contributed by atoms with Gasteiger partial charge in [-0.15, -0.1) is 0 Å². The molecular formula is C22H14FNO2. The molecule has 0 unspecified atom stereocenters. The summed E-state index contributed by atoms with van der Waals surface area (Å²) in [6.07, 6.45) is 1.70. The van der Waals surface area contributed by atoms with Crippen LogP contribution in [0.1, 0.15) is 21.5 Å². The molecule has 0 N–H and O–H groups in total. The quantitative estimate of drug-likeness (QED) is 0.286. The van der Waals surface area contributed by atoms with E-state index in [0.29, 0.717) is 11.1 Å². The predicted molar refractivity (Wildman–Crippen MR) is 97.7 cm³/mol. The maximum absolute atomic E-state index is 13.7. The van der Waals surface area contributed by atoms with Gasteiger partial charge < -0.3 is 4.74 Å². The summed E-state index contributed by atoms with van der Waals surface area (Å²) in [6.45, 7) is 0. The molecule has 26 heavy (non-hydrogen) atoms. The van der Waals surface area contributed by atoms with Gasteiger partial charge in [-0.25, -0.2) is 9.18 Å². The summed E-state index contributed by atoms with van der Waals surface area (Å²) < 4.78 is 18.9. The molecule has 0 aliphatic rings. The average molecular weight is 343 g/mol. The average Bonchev–Trinajstić information content (AvgIpc) is 2.67. The summed E-state index contributed by atoms with van der Waals surface area (Å²) in [4.78, 5) is 12.1. The van der Waals surface area contributed by atoms with Crippen molar-refractivity contribution in [2.75, 3.05) is 0 Å². The molecule has 126 valence electrons. The van der Waals surface area contributed by atoms with Crippen LogP contribution in [0.2, 0.25) is 0 Å². The second-order valence-corrected chi connectivity index (χ2v) is 5.48. The zero-order chi connectivity index (χ0) is 18.4. The molecule has 0 saturated heterocycles. The van der Waals surface area contributed by atoms with E-state index >= 15 is 0 Å². The van der Waals surface area contributed by atoms with Crippen LogP contribution in [0.15, 0.2) is 78.9 Å². The molecule has 0 amide bonds. The van der Waals surface area contributed by atoms with E-state index in [9.17, 15) is 14.4 Å². The van der Waals surface area contributed by atoms with E-state index in [1.165, 1.54) is 18.2 Å². The molecule has 3 aromatic rings. The van der Waals surface area contributed by atoms with Crippen molar-refractivity contribution in [2.45, 2.75) is 0 Å². The zero-order valence-electron chi connectivity index (χ0n) is 13.7. The summed E-state index contributed by atoms with van der Waals surface area (Å²) >= 11 is 0. The highest BCUT2D eigenvalue weighted by Gasteiger charge is 2.13. The second kappa shape index (κ2) is 7.91. The van der Waals surface area contributed by atoms with Gasteiger partial charge in [-0.1, -0.05) is 54.6 Å². The topological polar surface area (TPSA) is 50.1 Å². The van der Waals surface area contributed by atoms with Gasteiger partial charge in [-0.05, 0) is 41.5 Å². The Morgan fingerprint density at radius 3 is 2.42 bits per heavy atom. The lowest BCUT2D eigenvalue weighted by Crippen LogP contribution is -2.10. The Kier molecular flexibility index (Phi) is 5.21. The van der Waals surface area contributed by atoms with Crippen LogP contribution in [0, 0.1) is 17.1 Å². The number of hydrogen-bond acceptors (Lipinski definition) is 3. The number of ether oxygens (including phenoxy) is 1. The molecule has 0 bridgehead atoms. The van der Waals surface area contributed by atoms with Gasteiger partial charge in [0.15, 0.2) is 0 Å². The lowest BCUT2D eigenvalue weighted by molar-refractivity contribution is 0.0730. The van der Waals surface area contributed by atoms with Gasteiger partial charge in [0.05, 0.1) is 17.2 Å². The van der Waals surface area contributed by atoms with Crippen molar-refractivity contribution in [3.05, 3.63) is 101 Å². The molecular weight excluding hydrogens is 329 g/mol. The Labute approximate surface area is 150 Å². The molecule has 0 saturated carbocycles. The third-order valence-electron chi connectivity index (χ3n) is 3.68. The van der Waals surface area contributed by atoms with Crippen molar-refractivity contribution in [1.29, 1.82) is 5.26 Å². The fraction of sp³-hybridized carbons (Fsp3) is 0. The van der Waals surface area contributed by atoms with Crippen molar-refractivity contribution in [3.63, 3.8) is 0 Å². The number of allylic oxidation sites excluding steroid dienone is 1. The summed E-state index contributed by atoms with van der Waals surface area (Å²) in [5.41, 5.74) is 1.85. The Morgan fingerprint density at radius 1 is 0.962 bits per heavy atom. The van der Waals surface area contributed by atoms with Crippen LogP contribution in [0.5, 0.6) is 5.75 Å². The van der Waals surface area contributed by atoms with E-state index in [0.717, 1.165) is 5.56 Å². The minimum atomic E-state index is -0.771. The lowest BCUT2D eigenvalue weighted by atomic mass is 10.0. The van der Waals surface area contributed by atoms with Crippen molar-refractivity contribution in [3.8, 4) is 11.8 Å². The molecule has 0 aliphatic carbocycles. The van der Waals surface area contributed by atoms with Crippen molar-refractivity contribution in [2.24, 2.45) is 0 Å². The van der Waals surface area contributed by atoms with Crippen molar-refractivity contribution in [1.82, 2.24) is 0 Å². The minimum Gasteiger partial charge on any atom is -0.423 e. The molecule has 0 fully saturated rings. The van der Waals surface area contributed by atoms with Crippen LogP contribution in [0.4, 0.5) is 4.39 Å². The molecule has 0 radical (unpaired) electrons. The van der Waals surface area contributed by atoms with Gasteiger partial charge in [0.2, 0.25) is 0 Å². The molecule has 0 aromatic heterocycles. The van der Waals surface area contributed by atoms with E-state index in [1.54, 1.807) is 36.4 Å². The Balaban J connectivity index is 1.85. The second-order valence-electron chi connectivity index (χ2n) is 5.48. The van der Waals surface area contributed by atoms with Crippen LogP contribution in [0.25, 0.3) is 11.6 Å². The summed E-state index contributed by atoms with van der Waals surface area (Å²) in [5.74, 6) is -1.13. The number of nitriles is 1. The first-order valence-corrected chi connectivity index (χ1v) is 7.91. The largest absolute Gasteiger partial charge is 0.423 e. The highest BCUT2D eigenvalue weighted by molar-refractivity contribution is 5.92. The Morgan fingerprint density at radius 2 is 1.69 bits per heavy atom. The first kappa shape index (κ1) is 17.1. The number of carbonyl (C=O) groups excluding carboxylic acids is 1. The van der Waals surface area contributed by atoms with E-state index in [1.807, 2.05) is 30.3 Å². The lowest BCUT2D eigenvalue weighted by Gasteiger charge is -2.06. The predicted octanol–water partition coefficient (Wildman–Crippen LogP) is 5.11. The molecule has 3 rings (SSSR count). The normalized spacial score (nSPS) is 10.8. The van der Waals surface area contributed by atoms with Crippen LogP contribution in [-0.2, 0) is 0 Å². The molecule has 3 aromatic carbocycles.